The quantitative estimate of drug-likeness (QED) is 0.799. The van der Waals surface area contributed by atoms with Crippen molar-refractivity contribution in [1.82, 2.24) is 15.0 Å². The van der Waals surface area contributed by atoms with Crippen LogP contribution in [0, 0.1) is 6.92 Å². The molecule has 2 aromatic heterocycles. The van der Waals surface area contributed by atoms with E-state index >= 15 is 0 Å². The second-order valence-electron chi connectivity index (χ2n) is 5.12. The molecule has 3 aromatic rings. The zero-order chi connectivity index (χ0) is 16.9. The zero-order valence-corrected chi connectivity index (χ0v) is 13.4. The first-order valence-corrected chi connectivity index (χ1v) is 7.37. The highest BCUT2D eigenvalue weighted by Crippen LogP contribution is 2.19. The molecule has 1 aromatic carbocycles. The SMILES string of the molecule is COc1cccc(NC(=O)c2nc(-c3cccnc3)cnc2C)c1. The number of benzene rings is 1. The number of amides is 1. The van der Waals surface area contributed by atoms with E-state index in [9.17, 15) is 4.79 Å². The van der Waals surface area contributed by atoms with Crippen LogP contribution in [-0.4, -0.2) is 28.0 Å². The molecule has 0 spiro atoms. The van der Waals surface area contributed by atoms with Crippen LogP contribution < -0.4 is 10.1 Å². The van der Waals surface area contributed by atoms with Gasteiger partial charge < -0.3 is 10.1 Å². The first-order chi connectivity index (χ1) is 11.7. The Morgan fingerprint density at radius 3 is 2.79 bits per heavy atom. The van der Waals surface area contributed by atoms with Gasteiger partial charge in [-0.05, 0) is 31.2 Å². The molecular weight excluding hydrogens is 304 g/mol. The van der Waals surface area contributed by atoms with Gasteiger partial charge in [-0.3, -0.25) is 14.8 Å². The number of nitrogens with one attached hydrogen (secondary N) is 1. The summed E-state index contributed by atoms with van der Waals surface area (Å²) < 4.78 is 5.16. The molecule has 0 aliphatic heterocycles. The maximum atomic E-state index is 12.5. The Bertz CT molecular complexity index is 866. The highest BCUT2D eigenvalue weighted by atomic mass is 16.5. The minimum absolute atomic E-state index is 0.277. The standard InChI is InChI=1S/C18H16N4O2/c1-12-17(18(23)21-14-6-3-7-15(9-14)24-2)22-16(11-20-12)13-5-4-8-19-10-13/h3-11H,1-2H3,(H,21,23). The third-order valence-corrected chi connectivity index (χ3v) is 3.46. The molecule has 24 heavy (non-hydrogen) atoms. The van der Waals surface area contributed by atoms with Gasteiger partial charge in [0.15, 0.2) is 0 Å². The molecule has 0 radical (unpaired) electrons. The van der Waals surface area contributed by atoms with Gasteiger partial charge in [0.05, 0.1) is 24.7 Å². The molecule has 120 valence electrons. The monoisotopic (exact) mass is 320 g/mol. The summed E-state index contributed by atoms with van der Waals surface area (Å²) >= 11 is 0. The van der Waals surface area contributed by atoms with Crippen molar-refractivity contribution in [2.24, 2.45) is 0 Å². The van der Waals surface area contributed by atoms with Gasteiger partial charge in [0, 0.05) is 29.7 Å². The summed E-state index contributed by atoms with van der Waals surface area (Å²) in [6.07, 6.45) is 5.00. The van der Waals surface area contributed by atoms with E-state index in [0.717, 1.165) is 5.56 Å². The molecule has 0 unspecified atom stereocenters. The third-order valence-electron chi connectivity index (χ3n) is 3.46. The van der Waals surface area contributed by atoms with Crippen LogP contribution in [0.15, 0.2) is 55.0 Å². The number of carbonyl (C=O) groups excluding carboxylic acids is 1. The van der Waals surface area contributed by atoms with Gasteiger partial charge in [0.1, 0.15) is 11.4 Å². The van der Waals surface area contributed by atoms with Crippen LogP contribution in [0.25, 0.3) is 11.3 Å². The number of anilines is 1. The lowest BCUT2D eigenvalue weighted by Gasteiger charge is -2.09. The molecule has 3 rings (SSSR count). The summed E-state index contributed by atoms with van der Waals surface area (Å²) in [5.74, 6) is 0.346. The third kappa shape index (κ3) is 3.38. The van der Waals surface area contributed by atoms with Crippen molar-refractivity contribution in [3.8, 4) is 17.0 Å². The number of pyridine rings is 1. The normalized spacial score (nSPS) is 10.2. The van der Waals surface area contributed by atoms with Crippen molar-refractivity contribution in [3.05, 3.63) is 66.4 Å². The second-order valence-corrected chi connectivity index (χ2v) is 5.12. The Morgan fingerprint density at radius 1 is 1.17 bits per heavy atom. The van der Waals surface area contributed by atoms with Crippen LogP contribution in [0.3, 0.4) is 0 Å². The molecule has 0 saturated heterocycles. The van der Waals surface area contributed by atoms with Crippen LogP contribution in [0.1, 0.15) is 16.2 Å². The minimum atomic E-state index is -0.320. The van der Waals surface area contributed by atoms with Crippen molar-refractivity contribution >= 4 is 11.6 Å². The predicted molar refractivity (Wildman–Crippen MR) is 90.9 cm³/mol. The zero-order valence-electron chi connectivity index (χ0n) is 13.4. The highest BCUT2D eigenvalue weighted by Gasteiger charge is 2.14. The van der Waals surface area contributed by atoms with E-state index in [1.807, 2.05) is 18.2 Å². The highest BCUT2D eigenvalue weighted by molar-refractivity contribution is 6.03. The van der Waals surface area contributed by atoms with Crippen LogP contribution in [0.4, 0.5) is 5.69 Å². The van der Waals surface area contributed by atoms with E-state index in [4.69, 9.17) is 4.74 Å². The van der Waals surface area contributed by atoms with Crippen molar-refractivity contribution in [3.63, 3.8) is 0 Å². The summed E-state index contributed by atoms with van der Waals surface area (Å²) in [4.78, 5) is 25.3. The fourth-order valence-electron chi connectivity index (χ4n) is 2.21. The van der Waals surface area contributed by atoms with E-state index in [-0.39, 0.29) is 11.6 Å². The summed E-state index contributed by atoms with van der Waals surface area (Å²) in [6.45, 7) is 1.75. The van der Waals surface area contributed by atoms with Crippen LogP contribution in [0.2, 0.25) is 0 Å². The molecule has 6 heteroatoms. The van der Waals surface area contributed by atoms with Crippen molar-refractivity contribution < 1.29 is 9.53 Å². The van der Waals surface area contributed by atoms with Crippen molar-refractivity contribution in [2.45, 2.75) is 6.92 Å². The second kappa shape index (κ2) is 6.87. The number of methoxy groups -OCH3 is 1. The number of aryl methyl sites for hydroxylation is 1. The fraction of sp³-hybridized carbons (Fsp3) is 0.111. The Morgan fingerprint density at radius 2 is 2.04 bits per heavy atom. The number of carbonyl (C=O) groups is 1. The Hall–Kier alpha value is -3.28. The average Bonchev–Trinajstić information content (AvgIpc) is 2.63. The largest absolute Gasteiger partial charge is 0.497 e. The number of hydrogen-bond donors (Lipinski definition) is 1. The summed E-state index contributed by atoms with van der Waals surface area (Å²) in [6, 6.07) is 10.8. The Labute approximate surface area is 139 Å². The van der Waals surface area contributed by atoms with Gasteiger partial charge in [-0.2, -0.15) is 0 Å². The number of aromatic nitrogens is 3. The lowest BCUT2D eigenvalue weighted by Crippen LogP contribution is -2.16. The van der Waals surface area contributed by atoms with Gasteiger partial charge in [0.25, 0.3) is 5.91 Å². The smallest absolute Gasteiger partial charge is 0.276 e. The van der Waals surface area contributed by atoms with Crippen molar-refractivity contribution in [2.75, 3.05) is 12.4 Å². The molecular formula is C18H16N4O2. The molecule has 0 fully saturated rings. The topological polar surface area (TPSA) is 77.0 Å². The van der Waals surface area contributed by atoms with E-state index < -0.39 is 0 Å². The van der Waals surface area contributed by atoms with Crippen LogP contribution >= 0.6 is 0 Å². The molecule has 0 aliphatic carbocycles. The van der Waals surface area contributed by atoms with E-state index in [0.29, 0.717) is 22.8 Å². The lowest BCUT2D eigenvalue weighted by molar-refractivity contribution is 0.102. The predicted octanol–water partition coefficient (Wildman–Crippen LogP) is 3.11. The average molecular weight is 320 g/mol. The number of hydrogen-bond acceptors (Lipinski definition) is 5. The molecule has 1 amide bonds. The number of ether oxygens (including phenoxy) is 1. The molecule has 0 bridgehead atoms. The van der Waals surface area contributed by atoms with Crippen LogP contribution in [-0.2, 0) is 0 Å². The van der Waals surface area contributed by atoms with Gasteiger partial charge >= 0.3 is 0 Å². The molecule has 6 nitrogen and oxygen atoms in total. The number of rotatable bonds is 4. The summed E-state index contributed by atoms with van der Waals surface area (Å²) in [5.41, 5.74) is 2.87. The van der Waals surface area contributed by atoms with Crippen molar-refractivity contribution in [1.29, 1.82) is 0 Å². The van der Waals surface area contributed by atoms with Gasteiger partial charge in [0.2, 0.25) is 0 Å². The van der Waals surface area contributed by atoms with E-state index in [1.54, 1.807) is 50.8 Å². The first-order valence-electron chi connectivity index (χ1n) is 7.37. The summed E-state index contributed by atoms with van der Waals surface area (Å²) in [7, 11) is 1.58. The Kier molecular flexibility index (Phi) is 4.47. The van der Waals surface area contributed by atoms with E-state index in [2.05, 4.69) is 20.3 Å². The van der Waals surface area contributed by atoms with Gasteiger partial charge in [-0.25, -0.2) is 4.98 Å². The first kappa shape index (κ1) is 15.6. The molecule has 0 saturated carbocycles. The van der Waals surface area contributed by atoms with Crippen LogP contribution in [0.5, 0.6) is 5.75 Å². The molecule has 0 aliphatic rings. The fourth-order valence-corrected chi connectivity index (χ4v) is 2.21. The maximum Gasteiger partial charge on any atom is 0.276 e. The summed E-state index contributed by atoms with van der Waals surface area (Å²) in [5, 5.41) is 2.82. The van der Waals surface area contributed by atoms with Gasteiger partial charge in [-0.1, -0.05) is 6.07 Å². The number of nitrogens with zero attached hydrogens (tertiary/aromatic N) is 3. The lowest BCUT2D eigenvalue weighted by atomic mass is 10.2. The minimum Gasteiger partial charge on any atom is -0.497 e. The Balaban J connectivity index is 1.89. The molecule has 1 N–H and O–H groups in total. The molecule has 0 atom stereocenters. The molecule has 2 heterocycles. The maximum absolute atomic E-state index is 12.5. The van der Waals surface area contributed by atoms with Gasteiger partial charge in [-0.15, -0.1) is 0 Å². The van der Waals surface area contributed by atoms with E-state index in [1.165, 1.54) is 0 Å².